The van der Waals surface area contributed by atoms with Gasteiger partial charge in [-0.2, -0.15) is 0 Å². The number of primary amides is 1. The fraction of sp³-hybridized carbons (Fsp3) is 0.429. The largest absolute Gasteiger partial charge is 0.505 e. The van der Waals surface area contributed by atoms with Crippen molar-refractivity contribution in [1.82, 2.24) is 0 Å². The van der Waals surface area contributed by atoms with Gasteiger partial charge in [0.05, 0.1) is 12.8 Å². The van der Waals surface area contributed by atoms with Gasteiger partial charge in [-0.3, -0.25) is 9.59 Å². The molecule has 6 nitrogen and oxygen atoms in total. The molecule has 2 amide bonds. The van der Waals surface area contributed by atoms with E-state index in [4.69, 9.17) is 10.5 Å². The lowest BCUT2D eigenvalue weighted by molar-refractivity contribution is -0.116. The van der Waals surface area contributed by atoms with Crippen molar-refractivity contribution in [3.8, 4) is 11.5 Å². The minimum absolute atomic E-state index is 0.140. The molecule has 0 unspecified atom stereocenters. The van der Waals surface area contributed by atoms with Gasteiger partial charge < -0.3 is 20.9 Å². The van der Waals surface area contributed by atoms with Crippen molar-refractivity contribution in [2.24, 2.45) is 5.73 Å². The van der Waals surface area contributed by atoms with Crippen molar-refractivity contribution < 1.29 is 19.4 Å². The van der Waals surface area contributed by atoms with E-state index in [2.05, 4.69) is 5.32 Å². The van der Waals surface area contributed by atoms with E-state index in [1.165, 1.54) is 19.2 Å². The number of hydrogen-bond acceptors (Lipinski definition) is 4. The molecule has 0 heterocycles. The predicted octanol–water partition coefficient (Wildman–Crippen LogP) is 2.02. The van der Waals surface area contributed by atoms with E-state index >= 15 is 0 Å². The minimum Gasteiger partial charge on any atom is -0.505 e. The number of anilines is 1. The van der Waals surface area contributed by atoms with Gasteiger partial charge in [-0.15, -0.1) is 0 Å². The third-order valence-electron chi connectivity index (χ3n) is 2.89. The summed E-state index contributed by atoms with van der Waals surface area (Å²) in [5, 5.41) is 12.6. The predicted molar refractivity (Wildman–Crippen MR) is 75.9 cm³/mol. The monoisotopic (exact) mass is 280 g/mol. The molecule has 6 heteroatoms. The van der Waals surface area contributed by atoms with E-state index in [0.717, 1.165) is 19.3 Å². The van der Waals surface area contributed by atoms with Crippen LogP contribution in [-0.2, 0) is 4.79 Å². The quantitative estimate of drug-likeness (QED) is 0.525. The number of carbonyl (C=O) groups is 2. The molecule has 1 aromatic carbocycles. The van der Waals surface area contributed by atoms with Gasteiger partial charge in [-0.05, 0) is 18.6 Å². The molecule has 0 saturated heterocycles. The average molecular weight is 280 g/mol. The van der Waals surface area contributed by atoms with Crippen molar-refractivity contribution >= 4 is 17.5 Å². The Hall–Kier alpha value is -2.24. The number of carbonyl (C=O) groups excluding carboxylic acids is 2. The van der Waals surface area contributed by atoms with Crippen LogP contribution in [0.4, 0.5) is 5.69 Å². The van der Waals surface area contributed by atoms with Gasteiger partial charge in [0.15, 0.2) is 5.75 Å². The van der Waals surface area contributed by atoms with Crippen LogP contribution in [-0.4, -0.2) is 24.0 Å². The molecular weight excluding hydrogens is 260 g/mol. The van der Waals surface area contributed by atoms with Gasteiger partial charge in [-0.25, -0.2) is 0 Å². The van der Waals surface area contributed by atoms with Gasteiger partial charge in [-0.1, -0.05) is 19.8 Å². The Balaban J connectivity index is 2.89. The van der Waals surface area contributed by atoms with Crippen LogP contribution in [0.3, 0.4) is 0 Å². The first-order valence-electron chi connectivity index (χ1n) is 6.50. The summed E-state index contributed by atoms with van der Waals surface area (Å²) in [5.41, 5.74) is 5.21. The van der Waals surface area contributed by atoms with Gasteiger partial charge in [0.25, 0.3) is 5.91 Å². The zero-order chi connectivity index (χ0) is 15.1. The summed E-state index contributed by atoms with van der Waals surface area (Å²) in [6.45, 7) is 2.05. The molecule has 0 radical (unpaired) electrons. The van der Waals surface area contributed by atoms with Crippen LogP contribution >= 0.6 is 0 Å². The minimum atomic E-state index is -0.818. The van der Waals surface area contributed by atoms with Crippen LogP contribution in [0.1, 0.15) is 43.0 Å². The zero-order valence-electron chi connectivity index (χ0n) is 11.7. The first-order chi connectivity index (χ1) is 9.51. The van der Waals surface area contributed by atoms with Crippen LogP contribution < -0.4 is 15.8 Å². The van der Waals surface area contributed by atoms with E-state index in [1.807, 2.05) is 6.92 Å². The van der Waals surface area contributed by atoms with Crippen LogP contribution in [0.5, 0.6) is 11.5 Å². The third kappa shape index (κ3) is 3.88. The summed E-state index contributed by atoms with van der Waals surface area (Å²) in [6.07, 6.45) is 3.13. The van der Waals surface area contributed by atoms with E-state index in [0.29, 0.717) is 6.42 Å². The molecule has 0 saturated carbocycles. The van der Waals surface area contributed by atoms with Crippen molar-refractivity contribution in [2.45, 2.75) is 32.6 Å². The molecule has 0 atom stereocenters. The van der Waals surface area contributed by atoms with Crippen molar-refractivity contribution in [3.05, 3.63) is 17.7 Å². The van der Waals surface area contributed by atoms with Crippen LogP contribution in [0.25, 0.3) is 0 Å². The lowest BCUT2D eigenvalue weighted by atomic mass is 10.1. The van der Waals surface area contributed by atoms with Crippen molar-refractivity contribution in [1.29, 1.82) is 0 Å². The highest BCUT2D eigenvalue weighted by Crippen LogP contribution is 2.34. The lowest BCUT2D eigenvalue weighted by Gasteiger charge is -2.12. The first-order valence-corrected chi connectivity index (χ1v) is 6.50. The number of rotatable bonds is 7. The zero-order valence-corrected chi connectivity index (χ0v) is 11.7. The van der Waals surface area contributed by atoms with E-state index < -0.39 is 5.91 Å². The second kappa shape index (κ2) is 7.37. The van der Waals surface area contributed by atoms with Crippen LogP contribution in [0, 0.1) is 0 Å². The van der Waals surface area contributed by atoms with Crippen LogP contribution in [0.2, 0.25) is 0 Å². The number of ether oxygens (including phenoxy) is 1. The number of unbranched alkanes of at least 4 members (excludes halogenated alkanes) is 2. The molecule has 0 spiro atoms. The average Bonchev–Trinajstić information content (AvgIpc) is 2.40. The van der Waals surface area contributed by atoms with Crippen molar-refractivity contribution in [2.75, 3.05) is 12.4 Å². The van der Waals surface area contributed by atoms with Crippen LogP contribution in [0.15, 0.2) is 12.1 Å². The molecule has 110 valence electrons. The van der Waals surface area contributed by atoms with Gasteiger partial charge in [0.2, 0.25) is 5.91 Å². The Bertz CT molecular complexity index is 500. The Morgan fingerprint density at radius 1 is 1.35 bits per heavy atom. The molecule has 20 heavy (non-hydrogen) atoms. The Kier molecular flexibility index (Phi) is 5.83. The normalized spacial score (nSPS) is 10.1. The number of benzene rings is 1. The number of phenols is 1. The second-order valence-corrected chi connectivity index (χ2v) is 4.41. The second-order valence-electron chi connectivity index (χ2n) is 4.41. The number of aromatic hydroxyl groups is 1. The smallest absolute Gasteiger partial charge is 0.256 e. The molecule has 0 aliphatic heterocycles. The standard InChI is InChI=1S/C14H20N2O4/c1-3-4-5-6-11(17)16-9-7-8-10(20-2)12(13(9)18)14(15)19/h7-8,18H,3-6H2,1-2H3,(H2,15,19)(H,16,17). The summed E-state index contributed by atoms with van der Waals surface area (Å²) in [4.78, 5) is 23.0. The Morgan fingerprint density at radius 3 is 2.60 bits per heavy atom. The highest BCUT2D eigenvalue weighted by molar-refractivity contribution is 6.02. The lowest BCUT2D eigenvalue weighted by Crippen LogP contribution is -2.15. The number of methoxy groups -OCH3 is 1. The van der Waals surface area contributed by atoms with Crippen molar-refractivity contribution in [3.63, 3.8) is 0 Å². The maximum absolute atomic E-state index is 11.7. The number of nitrogens with two attached hydrogens (primary N) is 1. The van der Waals surface area contributed by atoms with Gasteiger partial charge in [0, 0.05) is 6.42 Å². The molecule has 1 rings (SSSR count). The summed E-state index contributed by atoms with van der Waals surface area (Å²) in [6, 6.07) is 2.94. The Labute approximate surface area is 117 Å². The maximum atomic E-state index is 11.7. The highest BCUT2D eigenvalue weighted by Gasteiger charge is 2.19. The van der Waals surface area contributed by atoms with Gasteiger partial charge in [0.1, 0.15) is 11.3 Å². The maximum Gasteiger partial charge on any atom is 0.256 e. The molecule has 4 N–H and O–H groups in total. The Morgan fingerprint density at radius 2 is 2.05 bits per heavy atom. The SMILES string of the molecule is CCCCCC(=O)Nc1ccc(OC)c(C(N)=O)c1O. The highest BCUT2D eigenvalue weighted by atomic mass is 16.5. The summed E-state index contributed by atoms with van der Waals surface area (Å²) >= 11 is 0. The summed E-state index contributed by atoms with van der Waals surface area (Å²) in [5.74, 6) is -1.24. The molecule has 0 aliphatic rings. The number of hydrogen-bond donors (Lipinski definition) is 3. The molecule has 0 aliphatic carbocycles. The number of amides is 2. The first kappa shape index (κ1) is 15.8. The number of nitrogens with one attached hydrogen (secondary N) is 1. The summed E-state index contributed by atoms with van der Waals surface area (Å²) in [7, 11) is 1.37. The third-order valence-corrected chi connectivity index (χ3v) is 2.89. The molecule has 0 aromatic heterocycles. The molecule has 0 bridgehead atoms. The topological polar surface area (TPSA) is 102 Å². The van der Waals surface area contributed by atoms with E-state index in [9.17, 15) is 14.7 Å². The fourth-order valence-corrected chi connectivity index (χ4v) is 1.83. The fourth-order valence-electron chi connectivity index (χ4n) is 1.83. The molecular formula is C14H20N2O4. The summed E-state index contributed by atoms with van der Waals surface area (Å²) < 4.78 is 4.95. The van der Waals surface area contributed by atoms with E-state index in [1.54, 1.807) is 0 Å². The molecule has 0 fully saturated rings. The molecule has 1 aromatic rings. The van der Waals surface area contributed by atoms with Gasteiger partial charge >= 0.3 is 0 Å². The van der Waals surface area contributed by atoms with E-state index in [-0.39, 0.29) is 28.7 Å².